The Balaban J connectivity index is 1.41. The molecule has 2 amide bonds. The van der Waals surface area contributed by atoms with Crippen LogP contribution < -0.4 is 15.5 Å². The number of amides is 2. The molecule has 2 atom stereocenters. The zero-order valence-corrected chi connectivity index (χ0v) is 18.0. The van der Waals surface area contributed by atoms with E-state index < -0.39 is 0 Å². The van der Waals surface area contributed by atoms with Crippen LogP contribution >= 0.6 is 11.3 Å². The molecule has 0 aliphatic carbocycles. The standard InChI is InChI=1S/C24H28N4OS/c1-19(25-24(29)26-20-9-4-2-5-10-20)23(22-13-8-18-30-22)28-16-14-27(15-17-28)21-11-6-3-7-12-21/h2-13,18-19,23H,14-17H2,1H3,(H2,25,26,29)/t19-,23-/m0/s1. The van der Waals surface area contributed by atoms with E-state index in [-0.39, 0.29) is 18.1 Å². The van der Waals surface area contributed by atoms with Gasteiger partial charge in [0.15, 0.2) is 0 Å². The van der Waals surface area contributed by atoms with Gasteiger partial charge < -0.3 is 15.5 Å². The number of nitrogens with zero attached hydrogens (tertiary/aromatic N) is 2. The summed E-state index contributed by atoms with van der Waals surface area (Å²) in [6, 6.07) is 24.4. The van der Waals surface area contributed by atoms with Gasteiger partial charge in [0.1, 0.15) is 0 Å². The molecule has 0 spiro atoms. The van der Waals surface area contributed by atoms with Crippen molar-refractivity contribution in [3.8, 4) is 0 Å². The Morgan fingerprint density at radius 1 is 0.900 bits per heavy atom. The zero-order valence-electron chi connectivity index (χ0n) is 17.2. The normalized spacial score (nSPS) is 16.6. The predicted molar refractivity (Wildman–Crippen MR) is 125 cm³/mol. The van der Waals surface area contributed by atoms with E-state index in [4.69, 9.17) is 0 Å². The van der Waals surface area contributed by atoms with Crippen LogP contribution in [-0.2, 0) is 0 Å². The summed E-state index contributed by atoms with van der Waals surface area (Å²) in [4.78, 5) is 18.8. The molecule has 156 valence electrons. The molecule has 1 fully saturated rings. The molecular formula is C24H28N4OS. The number of rotatable bonds is 6. The van der Waals surface area contributed by atoms with Crippen molar-refractivity contribution in [2.75, 3.05) is 36.4 Å². The van der Waals surface area contributed by atoms with Gasteiger partial charge in [-0.3, -0.25) is 4.90 Å². The largest absolute Gasteiger partial charge is 0.369 e. The third-order valence-corrected chi connectivity index (χ3v) is 6.47. The first-order chi connectivity index (χ1) is 14.7. The number of carbonyl (C=O) groups excluding carboxylic acids is 1. The van der Waals surface area contributed by atoms with Gasteiger partial charge in [0.05, 0.1) is 6.04 Å². The van der Waals surface area contributed by atoms with Gasteiger partial charge in [-0.15, -0.1) is 11.3 Å². The smallest absolute Gasteiger partial charge is 0.319 e. The summed E-state index contributed by atoms with van der Waals surface area (Å²) >= 11 is 1.75. The summed E-state index contributed by atoms with van der Waals surface area (Å²) in [7, 11) is 0. The minimum Gasteiger partial charge on any atom is -0.369 e. The summed E-state index contributed by atoms with van der Waals surface area (Å²) in [5.74, 6) is 0. The average molecular weight is 421 g/mol. The molecular weight excluding hydrogens is 392 g/mol. The second-order valence-electron chi connectivity index (χ2n) is 7.57. The van der Waals surface area contributed by atoms with E-state index in [9.17, 15) is 4.79 Å². The van der Waals surface area contributed by atoms with E-state index in [1.165, 1.54) is 10.6 Å². The highest BCUT2D eigenvalue weighted by Crippen LogP contribution is 2.30. The van der Waals surface area contributed by atoms with Crippen molar-refractivity contribution in [1.82, 2.24) is 10.2 Å². The monoisotopic (exact) mass is 420 g/mol. The lowest BCUT2D eigenvalue weighted by atomic mass is 10.0. The number of nitrogens with one attached hydrogen (secondary N) is 2. The van der Waals surface area contributed by atoms with E-state index in [0.717, 1.165) is 31.9 Å². The Morgan fingerprint density at radius 2 is 1.57 bits per heavy atom. The van der Waals surface area contributed by atoms with Crippen LogP contribution in [0.25, 0.3) is 0 Å². The molecule has 2 aromatic carbocycles. The number of benzene rings is 2. The van der Waals surface area contributed by atoms with Gasteiger partial charge in [0.2, 0.25) is 0 Å². The number of urea groups is 1. The minimum atomic E-state index is -0.168. The zero-order chi connectivity index (χ0) is 20.8. The number of piperazine rings is 1. The van der Waals surface area contributed by atoms with Crippen LogP contribution in [0.5, 0.6) is 0 Å². The molecule has 1 saturated heterocycles. The van der Waals surface area contributed by atoms with Gasteiger partial charge in [-0.25, -0.2) is 4.79 Å². The van der Waals surface area contributed by atoms with Crippen molar-refractivity contribution >= 4 is 28.7 Å². The number of hydrogen-bond donors (Lipinski definition) is 2. The van der Waals surface area contributed by atoms with Crippen molar-refractivity contribution in [1.29, 1.82) is 0 Å². The lowest BCUT2D eigenvalue weighted by Crippen LogP contribution is -2.52. The molecule has 1 aromatic heterocycles. The molecule has 0 unspecified atom stereocenters. The Hall–Kier alpha value is -2.83. The Labute approximate surface area is 182 Å². The van der Waals surface area contributed by atoms with Gasteiger partial charge in [-0.2, -0.15) is 0 Å². The second-order valence-corrected chi connectivity index (χ2v) is 8.55. The fraction of sp³-hybridized carbons (Fsp3) is 0.292. The summed E-state index contributed by atoms with van der Waals surface area (Å²) in [5, 5.41) is 8.20. The fourth-order valence-corrected chi connectivity index (χ4v) is 5.04. The number of hydrogen-bond acceptors (Lipinski definition) is 4. The predicted octanol–water partition coefficient (Wildman–Crippen LogP) is 4.82. The average Bonchev–Trinajstić information content (AvgIpc) is 3.30. The first kappa shape index (κ1) is 20.4. The maximum atomic E-state index is 12.6. The van der Waals surface area contributed by atoms with Crippen LogP contribution in [0.1, 0.15) is 17.8 Å². The highest BCUT2D eigenvalue weighted by Gasteiger charge is 2.30. The minimum absolute atomic E-state index is 0.0179. The van der Waals surface area contributed by atoms with Gasteiger partial charge in [0.25, 0.3) is 0 Å². The van der Waals surface area contributed by atoms with Gasteiger partial charge >= 0.3 is 6.03 Å². The lowest BCUT2D eigenvalue weighted by molar-refractivity contribution is 0.157. The number of anilines is 2. The summed E-state index contributed by atoms with van der Waals surface area (Å²) in [6.45, 7) is 5.98. The van der Waals surface area contributed by atoms with Crippen molar-refractivity contribution in [2.24, 2.45) is 0 Å². The molecule has 1 aliphatic heterocycles. The van der Waals surface area contributed by atoms with Crippen molar-refractivity contribution < 1.29 is 4.79 Å². The maximum absolute atomic E-state index is 12.6. The van der Waals surface area contributed by atoms with E-state index in [2.05, 4.69) is 75.2 Å². The summed E-state index contributed by atoms with van der Waals surface area (Å²) < 4.78 is 0. The van der Waals surface area contributed by atoms with Crippen LogP contribution in [0, 0.1) is 0 Å². The van der Waals surface area contributed by atoms with E-state index in [1.807, 2.05) is 30.3 Å². The molecule has 2 N–H and O–H groups in total. The Bertz CT molecular complexity index is 909. The summed E-state index contributed by atoms with van der Waals surface area (Å²) in [6.07, 6.45) is 0. The van der Waals surface area contributed by atoms with Crippen LogP contribution in [-0.4, -0.2) is 43.2 Å². The van der Waals surface area contributed by atoms with Gasteiger partial charge in [0, 0.05) is 48.5 Å². The number of para-hydroxylation sites is 2. The molecule has 0 bridgehead atoms. The highest BCUT2D eigenvalue weighted by molar-refractivity contribution is 7.10. The molecule has 30 heavy (non-hydrogen) atoms. The van der Waals surface area contributed by atoms with E-state index in [0.29, 0.717) is 0 Å². The Morgan fingerprint density at radius 3 is 2.20 bits per heavy atom. The van der Waals surface area contributed by atoms with Crippen molar-refractivity contribution in [3.05, 3.63) is 83.1 Å². The van der Waals surface area contributed by atoms with Crippen molar-refractivity contribution in [3.63, 3.8) is 0 Å². The quantitative estimate of drug-likeness (QED) is 0.601. The van der Waals surface area contributed by atoms with E-state index in [1.54, 1.807) is 11.3 Å². The van der Waals surface area contributed by atoms with Crippen LogP contribution in [0.3, 0.4) is 0 Å². The van der Waals surface area contributed by atoms with Crippen molar-refractivity contribution in [2.45, 2.75) is 19.0 Å². The SMILES string of the molecule is C[C@H](NC(=O)Nc1ccccc1)[C@@H](c1cccs1)N1CCN(c2ccccc2)CC1. The third kappa shape index (κ3) is 5.01. The molecule has 2 heterocycles. The Kier molecular flexibility index (Phi) is 6.67. The lowest BCUT2D eigenvalue weighted by Gasteiger charge is -2.42. The molecule has 4 rings (SSSR count). The third-order valence-electron chi connectivity index (χ3n) is 5.53. The topological polar surface area (TPSA) is 47.6 Å². The molecule has 5 nitrogen and oxygen atoms in total. The van der Waals surface area contributed by atoms with Crippen LogP contribution in [0.4, 0.5) is 16.2 Å². The van der Waals surface area contributed by atoms with Gasteiger partial charge in [-0.1, -0.05) is 42.5 Å². The molecule has 1 aliphatic rings. The van der Waals surface area contributed by atoms with E-state index >= 15 is 0 Å². The fourth-order valence-electron chi connectivity index (χ4n) is 4.07. The molecule has 6 heteroatoms. The number of carbonyl (C=O) groups is 1. The first-order valence-corrected chi connectivity index (χ1v) is 11.3. The highest BCUT2D eigenvalue weighted by atomic mass is 32.1. The van der Waals surface area contributed by atoms with Crippen LogP contribution in [0.2, 0.25) is 0 Å². The van der Waals surface area contributed by atoms with Gasteiger partial charge in [-0.05, 0) is 42.6 Å². The summed E-state index contributed by atoms with van der Waals surface area (Å²) in [5.41, 5.74) is 2.07. The molecule has 0 radical (unpaired) electrons. The van der Waals surface area contributed by atoms with Crippen LogP contribution in [0.15, 0.2) is 78.2 Å². The molecule has 0 saturated carbocycles. The maximum Gasteiger partial charge on any atom is 0.319 e. The first-order valence-electron chi connectivity index (χ1n) is 10.4. The molecule has 3 aromatic rings. The number of thiophene rings is 1. The second kappa shape index (κ2) is 9.78.